The summed E-state index contributed by atoms with van der Waals surface area (Å²) in [5, 5.41) is 0. The van der Waals surface area contributed by atoms with E-state index in [9.17, 15) is 9.59 Å². The normalized spacial score (nSPS) is 13.6. The summed E-state index contributed by atoms with van der Waals surface area (Å²) in [5.74, 6) is 0.584. The van der Waals surface area contributed by atoms with Gasteiger partial charge in [0.15, 0.2) is 5.78 Å². The Balaban J connectivity index is 1.72. The number of ether oxygens (including phenoxy) is 1. The van der Waals surface area contributed by atoms with Gasteiger partial charge < -0.3 is 9.64 Å². The molecule has 1 amide bonds. The number of amides is 1. The van der Waals surface area contributed by atoms with E-state index in [0.717, 1.165) is 5.57 Å². The molecule has 2 aromatic carbocycles. The molecule has 0 saturated heterocycles. The summed E-state index contributed by atoms with van der Waals surface area (Å²) in [5.41, 5.74) is 2.08. The molecule has 1 aliphatic rings. The van der Waals surface area contributed by atoms with E-state index in [2.05, 4.69) is 27.0 Å². The van der Waals surface area contributed by atoms with Crippen molar-refractivity contribution in [1.82, 2.24) is 4.90 Å². The van der Waals surface area contributed by atoms with Crippen LogP contribution in [0.4, 0.5) is 0 Å². The largest absolute Gasteiger partial charge is 0.483 e. The third-order valence-corrected chi connectivity index (χ3v) is 5.83. The quantitative estimate of drug-likeness (QED) is 0.351. The van der Waals surface area contributed by atoms with Gasteiger partial charge in [-0.3, -0.25) is 9.59 Å². The maximum Gasteiger partial charge on any atom is 0.250 e. The summed E-state index contributed by atoms with van der Waals surface area (Å²) >= 11 is 0. The number of benzene rings is 2. The molecule has 0 fully saturated rings. The van der Waals surface area contributed by atoms with Gasteiger partial charge in [0, 0.05) is 29.4 Å². The highest BCUT2D eigenvalue weighted by molar-refractivity contribution is 6.09. The molecule has 0 aromatic heterocycles. The van der Waals surface area contributed by atoms with Crippen LogP contribution < -0.4 is 4.74 Å². The SMILES string of the molecule is C=C(/C=C\C(=C)C(CC)(CC)Oc1ccc(C(=O)c2ccccc2)cc1)N1CC=CC1=O. The minimum atomic E-state index is -0.602. The molecule has 4 heteroatoms. The Bertz CT molecular complexity index is 1060. The third-order valence-electron chi connectivity index (χ3n) is 5.83. The lowest BCUT2D eigenvalue weighted by atomic mass is 9.88. The van der Waals surface area contributed by atoms with E-state index in [1.807, 2.05) is 54.6 Å². The van der Waals surface area contributed by atoms with Crippen LogP contribution in [0.15, 0.2) is 103 Å². The zero-order valence-electron chi connectivity index (χ0n) is 18.7. The predicted molar refractivity (Wildman–Crippen MR) is 129 cm³/mol. The van der Waals surface area contributed by atoms with E-state index in [4.69, 9.17) is 4.74 Å². The summed E-state index contributed by atoms with van der Waals surface area (Å²) in [6.45, 7) is 12.9. The van der Waals surface area contributed by atoms with Gasteiger partial charge in [0.25, 0.3) is 5.91 Å². The average molecular weight is 428 g/mol. The van der Waals surface area contributed by atoms with Gasteiger partial charge in [-0.1, -0.05) is 69.5 Å². The topological polar surface area (TPSA) is 46.6 Å². The smallest absolute Gasteiger partial charge is 0.250 e. The van der Waals surface area contributed by atoms with E-state index in [0.29, 0.717) is 42.0 Å². The van der Waals surface area contributed by atoms with Gasteiger partial charge in [0.2, 0.25) is 0 Å². The Morgan fingerprint density at radius 3 is 2.19 bits per heavy atom. The molecule has 1 aliphatic heterocycles. The Hall–Kier alpha value is -3.66. The molecule has 1 heterocycles. The number of allylic oxidation sites excluding steroid dienone is 1. The molecule has 0 saturated carbocycles. The first-order valence-electron chi connectivity index (χ1n) is 10.8. The zero-order valence-corrected chi connectivity index (χ0v) is 18.7. The highest BCUT2D eigenvalue weighted by Crippen LogP contribution is 2.32. The van der Waals surface area contributed by atoms with Crippen molar-refractivity contribution in [3.05, 3.63) is 114 Å². The van der Waals surface area contributed by atoms with Crippen molar-refractivity contribution >= 4 is 11.7 Å². The third kappa shape index (κ3) is 4.97. The fourth-order valence-corrected chi connectivity index (χ4v) is 3.71. The van der Waals surface area contributed by atoms with E-state index in [1.165, 1.54) is 0 Å². The zero-order chi connectivity index (χ0) is 23.1. The van der Waals surface area contributed by atoms with Crippen molar-refractivity contribution in [1.29, 1.82) is 0 Å². The van der Waals surface area contributed by atoms with Gasteiger partial charge in [-0.25, -0.2) is 0 Å². The van der Waals surface area contributed by atoms with Crippen molar-refractivity contribution in [2.45, 2.75) is 32.3 Å². The first-order valence-corrected chi connectivity index (χ1v) is 10.8. The minimum absolute atomic E-state index is 0.0220. The van der Waals surface area contributed by atoms with Crippen molar-refractivity contribution in [2.24, 2.45) is 0 Å². The predicted octanol–water partition coefficient (Wildman–Crippen LogP) is 5.88. The van der Waals surface area contributed by atoms with Crippen LogP contribution in [0.2, 0.25) is 0 Å². The summed E-state index contributed by atoms with van der Waals surface area (Å²) in [7, 11) is 0. The number of hydrogen-bond donors (Lipinski definition) is 0. The van der Waals surface area contributed by atoms with Gasteiger partial charge in [-0.05, 0) is 48.8 Å². The number of nitrogens with zero attached hydrogens (tertiary/aromatic N) is 1. The molecule has 164 valence electrons. The van der Waals surface area contributed by atoms with Crippen molar-refractivity contribution in [2.75, 3.05) is 6.54 Å². The summed E-state index contributed by atoms with van der Waals surface area (Å²) in [6.07, 6.45) is 8.47. The highest BCUT2D eigenvalue weighted by Gasteiger charge is 2.31. The monoisotopic (exact) mass is 427 g/mol. The lowest BCUT2D eigenvalue weighted by Crippen LogP contribution is -2.36. The average Bonchev–Trinajstić information content (AvgIpc) is 3.27. The molecule has 0 aliphatic carbocycles. The fourth-order valence-electron chi connectivity index (χ4n) is 3.71. The molecule has 0 unspecified atom stereocenters. The van der Waals surface area contributed by atoms with Crippen molar-refractivity contribution < 1.29 is 14.3 Å². The van der Waals surface area contributed by atoms with Gasteiger partial charge in [0.05, 0.1) is 0 Å². The Morgan fingerprint density at radius 2 is 1.62 bits per heavy atom. The number of carbonyl (C=O) groups excluding carboxylic acids is 2. The van der Waals surface area contributed by atoms with Crippen LogP contribution in [0.25, 0.3) is 0 Å². The lowest BCUT2D eigenvalue weighted by molar-refractivity contribution is -0.122. The highest BCUT2D eigenvalue weighted by atomic mass is 16.5. The second kappa shape index (κ2) is 10.1. The first-order chi connectivity index (χ1) is 15.4. The number of rotatable bonds is 10. The lowest BCUT2D eigenvalue weighted by Gasteiger charge is -2.34. The molecule has 32 heavy (non-hydrogen) atoms. The van der Waals surface area contributed by atoms with Crippen LogP contribution >= 0.6 is 0 Å². The number of hydrogen-bond acceptors (Lipinski definition) is 3. The van der Waals surface area contributed by atoms with Crippen LogP contribution in [-0.4, -0.2) is 28.7 Å². The second-order valence-electron chi connectivity index (χ2n) is 7.72. The summed E-state index contributed by atoms with van der Waals surface area (Å²) in [4.78, 5) is 26.1. The van der Waals surface area contributed by atoms with Crippen LogP contribution in [0, 0.1) is 0 Å². The van der Waals surface area contributed by atoms with E-state index < -0.39 is 5.60 Å². The maximum atomic E-state index is 12.6. The maximum absolute atomic E-state index is 12.6. The molecular formula is C28H29NO3. The molecule has 3 rings (SSSR count). The molecule has 0 N–H and O–H groups in total. The molecule has 0 spiro atoms. The van der Waals surface area contributed by atoms with Gasteiger partial charge in [0.1, 0.15) is 11.4 Å². The van der Waals surface area contributed by atoms with Crippen LogP contribution in [0.3, 0.4) is 0 Å². The van der Waals surface area contributed by atoms with Gasteiger partial charge in [-0.2, -0.15) is 0 Å². The molecule has 2 aromatic rings. The van der Waals surface area contributed by atoms with E-state index in [1.54, 1.807) is 29.2 Å². The summed E-state index contributed by atoms with van der Waals surface area (Å²) in [6, 6.07) is 16.4. The molecule has 0 radical (unpaired) electrons. The number of carbonyl (C=O) groups is 2. The van der Waals surface area contributed by atoms with Crippen molar-refractivity contribution in [3.8, 4) is 5.75 Å². The Labute approximate surface area is 190 Å². The van der Waals surface area contributed by atoms with E-state index >= 15 is 0 Å². The Morgan fingerprint density at radius 1 is 1.00 bits per heavy atom. The molecule has 0 bridgehead atoms. The minimum Gasteiger partial charge on any atom is -0.483 e. The van der Waals surface area contributed by atoms with E-state index in [-0.39, 0.29) is 11.7 Å². The van der Waals surface area contributed by atoms with Gasteiger partial charge in [-0.15, -0.1) is 0 Å². The second-order valence-corrected chi connectivity index (χ2v) is 7.72. The molecular weight excluding hydrogens is 398 g/mol. The van der Waals surface area contributed by atoms with Crippen molar-refractivity contribution in [3.63, 3.8) is 0 Å². The van der Waals surface area contributed by atoms with Crippen LogP contribution in [0.1, 0.15) is 42.6 Å². The van der Waals surface area contributed by atoms with Crippen LogP contribution in [0.5, 0.6) is 5.75 Å². The molecule has 4 nitrogen and oxygen atoms in total. The standard InChI is InChI=1S/C28H29NO3/c1-5-28(6-2,21(3)14-15-22(4)29-20-10-13-26(29)30)32-25-18-16-24(17-19-25)27(31)23-11-8-7-9-12-23/h7-19H,3-6,20H2,1-2H3/b15-14-. The fraction of sp³-hybridized carbons (Fsp3) is 0.214. The summed E-state index contributed by atoms with van der Waals surface area (Å²) < 4.78 is 6.40. The van der Waals surface area contributed by atoms with Gasteiger partial charge >= 0.3 is 0 Å². The number of ketones is 1. The molecule has 0 atom stereocenters. The van der Waals surface area contributed by atoms with Crippen LogP contribution in [-0.2, 0) is 4.79 Å². The first kappa shape index (κ1) is 23.0. The Kier molecular flexibility index (Phi) is 7.26.